The first kappa shape index (κ1) is 17.7. The molecule has 0 aliphatic heterocycles. The van der Waals surface area contributed by atoms with Gasteiger partial charge in [-0.25, -0.2) is 5.11 Å². The predicted molar refractivity (Wildman–Crippen MR) is 92.2 cm³/mol. The molecule has 0 heterocycles. The lowest BCUT2D eigenvalue weighted by atomic mass is 10.00. The third kappa shape index (κ3) is 6.31. The molecule has 0 aromatic heterocycles. The van der Waals surface area contributed by atoms with Crippen molar-refractivity contribution in [2.45, 2.75) is 52.9 Å². The van der Waals surface area contributed by atoms with E-state index in [9.17, 15) is 5.11 Å². The topological polar surface area (TPSA) is 19.9 Å². The maximum absolute atomic E-state index is 10.5. The highest BCUT2D eigenvalue weighted by atomic mass is 16.3. The second kappa shape index (κ2) is 10.4. The standard InChI is InChI=1S/C11H10.C9H19O/c1-9-5-4-7-10-6-2-3-8-11(9)10;1-3-5-6-7-9(4-2)8-10/h2-8H,1H3;9H,3-8H2,1-2H3. The van der Waals surface area contributed by atoms with Crippen LogP contribution in [0.15, 0.2) is 42.5 Å². The van der Waals surface area contributed by atoms with E-state index in [1.807, 2.05) is 0 Å². The molecule has 2 aromatic rings. The molecule has 0 saturated carbocycles. The highest BCUT2D eigenvalue weighted by Crippen LogP contribution is 2.16. The summed E-state index contributed by atoms with van der Waals surface area (Å²) in [5.41, 5.74) is 1.35. The molecule has 0 bridgehead atoms. The minimum Gasteiger partial charge on any atom is -0.236 e. The lowest BCUT2D eigenvalue weighted by Gasteiger charge is -2.08. The minimum absolute atomic E-state index is 0.125. The molecule has 0 spiro atoms. The number of hydrogen-bond acceptors (Lipinski definition) is 0. The Morgan fingerprint density at radius 2 is 1.67 bits per heavy atom. The fourth-order valence-electron chi connectivity index (χ4n) is 2.48. The lowest BCUT2D eigenvalue weighted by molar-refractivity contribution is 0.135. The Bertz CT molecular complexity index is 495. The molecule has 1 nitrogen and oxygen atoms in total. The SMILES string of the molecule is CCCCCC(CC)C[O].Cc1cccc2ccccc12. The minimum atomic E-state index is 0.125. The number of hydrogen-bond donors (Lipinski definition) is 0. The van der Waals surface area contributed by atoms with Crippen LogP contribution in [0.3, 0.4) is 0 Å². The fourth-order valence-corrected chi connectivity index (χ4v) is 2.48. The molecule has 0 fully saturated rings. The molecule has 115 valence electrons. The van der Waals surface area contributed by atoms with Gasteiger partial charge < -0.3 is 0 Å². The zero-order chi connectivity index (χ0) is 15.5. The van der Waals surface area contributed by atoms with Crippen molar-refractivity contribution >= 4 is 10.8 Å². The van der Waals surface area contributed by atoms with Crippen LogP contribution in [-0.4, -0.2) is 6.61 Å². The normalized spacial score (nSPS) is 11.8. The molecule has 1 unspecified atom stereocenters. The molecule has 21 heavy (non-hydrogen) atoms. The zero-order valence-electron chi connectivity index (χ0n) is 13.8. The Kier molecular flexibility index (Phi) is 8.77. The Labute approximate surface area is 130 Å². The monoisotopic (exact) mass is 285 g/mol. The summed E-state index contributed by atoms with van der Waals surface area (Å²) in [5.74, 6) is 0.451. The third-order valence-corrected chi connectivity index (χ3v) is 4.04. The van der Waals surface area contributed by atoms with Crippen molar-refractivity contribution in [2.75, 3.05) is 6.61 Å². The Morgan fingerprint density at radius 3 is 2.29 bits per heavy atom. The fraction of sp³-hybridized carbons (Fsp3) is 0.500. The summed E-state index contributed by atoms with van der Waals surface area (Å²) in [7, 11) is 0. The number of rotatable bonds is 6. The van der Waals surface area contributed by atoms with E-state index in [0.717, 1.165) is 12.8 Å². The highest BCUT2D eigenvalue weighted by Gasteiger charge is 2.03. The van der Waals surface area contributed by atoms with Gasteiger partial charge in [0.1, 0.15) is 0 Å². The number of unbranched alkanes of at least 4 members (excludes halogenated alkanes) is 2. The molecule has 0 saturated heterocycles. The summed E-state index contributed by atoms with van der Waals surface area (Å²) in [4.78, 5) is 0. The van der Waals surface area contributed by atoms with E-state index in [4.69, 9.17) is 0 Å². The first-order valence-corrected chi connectivity index (χ1v) is 8.25. The van der Waals surface area contributed by atoms with E-state index in [1.54, 1.807) is 0 Å². The van der Waals surface area contributed by atoms with Gasteiger partial charge in [0.15, 0.2) is 0 Å². The average Bonchev–Trinajstić information content (AvgIpc) is 2.53. The smallest absolute Gasteiger partial charge is 0.0850 e. The second-order valence-electron chi connectivity index (χ2n) is 5.73. The van der Waals surface area contributed by atoms with Gasteiger partial charge in [-0.05, 0) is 35.6 Å². The maximum Gasteiger partial charge on any atom is 0.0850 e. The number of benzene rings is 2. The Balaban J connectivity index is 0.000000212. The molecule has 1 heteroatoms. The number of fused-ring (bicyclic) bond motifs is 1. The molecule has 1 atom stereocenters. The van der Waals surface area contributed by atoms with E-state index < -0.39 is 0 Å². The van der Waals surface area contributed by atoms with Crippen molar-refractivity contribution in [2.24, 2.45) is 5.92 Å². The van der Waals surface area contributed by atoms with E-state index in [2.05, 4.69) is 63.2 Å². The summed E-state index contributed by atoms with van der Waals surface area (Å²) in [6.07, 6.45) is 6.00. The largest absolute Gasteiger partial charge is 0.236 e. The van der Waals surface area contributed by atoms with E-state index in [1.165, 1.54) is 35.6 Å². The van der Waals surface area contributed by atoms with Crippen molar-refractivity contribution in [3.05, 3.63) is 48.0 Å². The lowest BCUT2D eigenvalue weighted by Crippen LogP contribution is -2.02. The van der Waals surface area contributed by atoms with Crippen LogP contribution >= 0.6 is 0 Å². The van der Waals surface area contributed by atoms with Crippen molar-refractivity contribution in [1.82, 2.24) is 0 Å². The molecule has 2 rings (SSSR count). The van der Waals surface area contributed by atoms with Gasteiger partial charge >= 0.3 is 0 Å². The highest BCUT2D eigenvalue weighted by molar-refractivity contribution is 5.85. The molecule has 1 radical (unpaired) electrons. The van der Waals surface area contributed by atoms with Gasteiger partial charge in [0.05, 0.1) is 6.61 Å². The predicted octanol–water partition coefficient (Wildman–Crippen LogP) is 6.17. The van der Waals surface area contributed by atoms with Crippen LogP contribution in [0.2, 0.25) is 0 Å². The van der Waals surface area contributed by atoms with E-state index >= 15 is 0 Å². The second-order valence-corrected chi connectivity index (χ2v) is 5.73. The zero-order valence-corrected chi connectivity index (χ0v) is 13.8. The first-order chi connectivity index (χ1) is 10.2. The number of aryl methyl sites for hydroxylation is 1. The van der Waals surface area contributed by atoms with Crippen LogP contribution in [0, 0.1) is 12.8 Å². The summed E-state index contributed by atoms with van der Waals surface area (Å²) in [6, 6.07) is 14.8. The van der Waals surface area contributed by atoms with Gasteiger partial charge in [0.25, 0.3) is 0 Å². The van der Waals surface area contributed by atoms with Gasteiger partial charge in [-0.2, -0.15) is 0 Å². The van der Waals surface area contributed by atoms with Crippen LogP contribution in [0.4, 0.5) is 0 Å². The van der Waals surface area contributed by atoms with Crippen molar-refractivity contribution < 1.29 is 5.11 Å². The average molecular weight is 285 g/mol. The van der Waals surface area contributed by atoms with Crippen LogP contribution in [-0.2, 0) is 5.11 Å². The van der Waals surface area contributed by atoms with E-state index in [-0.39, 0.29) is 6.61 Å². The van der Waals surface area contributed by atoms with Gasteiger partial charge in [0, 0.05) is 0 Å². The quantitative estimate of drug-likeness (QED) is 0.565. The Morgan fingerprint density at radius 1 is 0.952 bits per heavy atom. The van der Waals surface area contributed by atoms with E-state index in [0.29, 0.717) is 5.92 Å². The summed E-state index contributed by atoms with van der Waals surface area (Å²) < 4.78 is 0. The van der Waals surface area contributed by atoms with Crippen LogP contribution < -0.4 is 0 Å². The molecule has 0 aliphatic rings. The first-order valence-electron chi connectivity index (χ1n) is 8.25. The molecule has 0 N–H and O–H groups in total. The van der Waals surface area contributed by atoms with Crippen molar-refractivity contribution in [3.8, 4) is 0 Å². The van der Waals surface area contributed by atoms with Gasteiger partial charge in [-0.15, -0.1) is 0 Å². The molecule has 0 amide bonds. The van der Waals surface area contributed by atoms with Crippen molar-refractivity contribution in [1.29, 1.82) is 0 Å². The molecule has 2 aromatic carbocycles. The van der Waals surface area contributed by atoms with Gasteiger partial charge in [-0.1, -0.05) is 82.0 Å². The summed E-state index contributed by atoms with van der Waals surface area (Å²) in [6.45, 7) is 6.56. The molecular formula is C20H29O. The summed E-state index contributed by atoms with van der Waals surface area (Å²) in [5, 5.41) is 13.1. The third-order valence-electron chi connectivity index (χ3n) is 4.04. The maximum atomic E-state index is 10.5. The molecular weight excluding hydrogens is 256 g/mol. The van der Waals surface area contributed by atoms with Gasteiger partial charge in [-0.3, -0.25) is 0 Å². The summed E-state index contributed by atoms with van der Waals surface area (Å²) >= 11 is 0. The van der Waals surface area contributed by atoms with Crippen molar-refractivity contribution in [3.63, 3.8) is 0 Å². The molecule has 0 aliphatic carbocycles. The van der Waals surface area contributed by atoms with Crippen LogP contribution in [0.1, 0.15) is 51.5 Å². The van der Waals surface area contributed by atoms with Gasteiger partial charge in [0.2, 0.25) is 0 Å². The Hall–Kier alpha value is -1.34. The van der Waals surface area contributed by atoms with Crippen LogP contribution in [0.5, 0.6) is 0 Å². The van der Waals surface area contributed by atoms with Crippen LogP contribution in [0.25, 0.3) is 10.8 Å².